The van der Waals surface area contributed by atoms with Gasteiger partial charge in [-0.1, -0.05) is 31.2 Å². The van der Waals surface area contributed by atoms with Crippen LogP contribution >= 0.6 is 0 Å². The number of hydrogen-bond donors (Lipinski definition) is 1. The van der Waals surface area contributed by atoms with Crippen LogP contribution in [0.1, 0.15) is 41.4 Å². The van der Waals surface area contributed by atoms with Crippen LogP contribution in [-0.2, 0) is 4.74 Å². The molecule has 1 saturated heterocycles. The highest BCUT2D eigenvalue weighted by atomic mass is 16.5. The number of piperazine rings is 1. The predicted octanol–water partition coefficient (Wildman–Crippen LogP) is 4.59. The third kappa shape index (κ3) is 3.81. The lowest BCUT2D eigenvalue weighted by molar-refractivity contribution is 0.0527. The van der Waals surface area contributed by atoms with Crippen LogP contribution in [0.25, 0.3) is 21.7 Å². The van der Waals surface area contributed by atoms with E-state index >= 15 is 0 Å². The van der Waals surface area contributed by atoms with Gasteiger partial charge in [0.15, 0.2) is 0 Å². The predicted molar refractivity (Wildman–Crippen MR) is 131 cm³/mol. The molecule has 0 saturated carbocycles. The maximum atomic E-state index is 12.9. The minimum Gasteiger partial charge on any atom is -0.507 e. The molecule has 176 valence electrons. The van der Waals surface area contributed by atoms with Crippen molar-refractivity contribution in [2.75, 3.05) is 39.3 Å². The Morgan fingerprint density at radius 3 is 2.47 bits per heavy atom. The van der Waals surface area contributed by atoms with Crippen molar-refractivity contribution >= 4 is 27.7 Å². The molecule has 7 heteroatoms. The third-order valence-electron chi connectivity index (χ3n) is 6.75. The second kappa shape index (κ2) is 9.44. The number of ether oxygens (including phenoxy) is 1. The summed E-state index contributed by atoms with van der Waals surface area (Å²) in [6.45, 7) is 8.76. The van der Waals surface area contributed by atoms with Gasteiger partial charge in [0.25, 0.3) is 0 Å². The molecular formula is C27H29N3O4. The number of benzene rings is 2. The van der Waals surface area contributed by atoms with Crippen LogP contribution in [-0.4, -0.2) is 65.2 Å². The van der Waals surface area contributed by atoms with Gasteiger partial charge in [0.1, 0.15) is 23.2 Å². The van der Waals surface area contributed by atoms with Crippen LogP contribution < -0.4 is 0 Å². The molecular weight excluding hydrogens is 430 g/mol. The number of phenolic OH excluding ortho intramolecular Hbond substituents is 1. The molecule has 3 heterocycles. The first-order valence-electron chi connectivity index (χ1n) is 11.8. The molecule has 2 aromatic heterocycles. The summed E-state index contributed by atoms with van der Waals surface area (Å²) in [4.78, 5) is 21.9. The molecule has 1 N–H and O–H groups in total. The zero-order valence-electron chi connectivity index (χ0n) is 19.5. The van der Waals surface area contributed by atoms with Crippen molar-refractivity contribution < 1.29 is 19.1 Å². The summed E-state index contributed by atoms with van der Waals surface area (Å²) in [6.07, 6.45) is 4.99. The van der Waals surface area contributed by atoms with Crippen molar-refractivity contribution in [2.45, 2.75) is 19.9 Å². The number of pyridine rings is 1. The number of aromatic nitrogens is 1. The van der Waals surface area contributed by atoms with Gasteiger partial charge in [-0.25, -0.2) is 4.79 Å². The van der Waals surface area contributed by atoms with Crippen molar-refractivity contribution in [1.82, 2.24) is 14.8 Å². The molecule has 0 spiro atoms. The van der Waals surface area contributed by atoms with Crippen LogP contribution in [0.2, 0.25) is 0 Å². The van der Waals surface area contributed by atoms with Crippen molar-refractivity contribution in [1.29, 1.82) is 0 Å². The van der Waals surface area contributed by atoms with Crippen molar-refractivity contribution in [3.05, 3.63) is 71.7 Å². The zero-order valence-corrected chi connectivity index (χ0v) is 19.5. The Morgan fingerprint density at radius 2 is 1.79 bits per heavy atom. The van der Waals surface area contributed by atoms with E-state index in [1.807, 2.05) is 36.4 Å². The summed E-state index contributed by atoms with van der Waals surface area (Å²) in [7, 11) is 0. The average molecular weight is 460 g/mol. The number of carbonyl (C=O) groups excluding carboxylic acids is 1. The molecule has 5 rings (SSSR count). The van der Waals surface area contributed by atoms with Gasteiger partial charge >= 0.3 is 5.97 Å². The van der Waals surface area contributed by atoms with E-state index in [9.17, 15) is 9.90 Å². The number of furan rings is 1. The Balaban J connectivity index is 1.80. The van der Waals surface area contributed by atoms with E-state index in [0.717, 1.165) is 43.7 Å². The molecule has 0 amide bonds. The number of phenols is 1. The lowest BCUT2D eigenvalue weighted by Gasteiger charge is -2.39. The number of aromatic hydroxyl groups is 1. The van der Waals surface area contributed by atoms with E-state index < -0.39 is 5.97 Å². The number of rotatable bonds is 6. The van der Waals surface area contributed by atoms with Gasteiger partial charge in [0.05, 0.1) is 12.6 Å². The van der Waals surface area contributed by atoms with E-state index in [1.165, 1.54) is 6.26 Å². The fourth-order valence-corrected chi connectivity index (χ4v) is 5.04. The van der Waals surface area contributed by atoms with E-state index in [2.05, 4.69) is 21.7 Å². The Bertz CT molecular complexity index is 1310. The third-order valence-corrected chi connectivity index (χ3v) is 6.75. The Hall–Kier alpha value is -3.42. The number of nitrogens with zero attached hydrogens (tertiary/aromatic N) is 3. The summed E-state index contributed by atoms with van der Waals surface area (Å²) in [5.41, 5.74) is 2.58. The highest BCUT2D eigenvalue weighted by Crippen LogP contribution is 2.46. The van der Waals surface area contributed by atoms with E-state index in [0.29, 0.717) is 27.5 Å². The average Bonchev–Trinajstić information content (AvgIpc) is 3.33. The molecule has 1 atom stereocenters. The topological polar surface area (TPSA) is 79.0 Å². The van der Waals surface area contributed by atoms with Crippen molar-refractivity contribution in [2.24, 2.45) is 0 Å². The first-order chi connectivity index (χ1) is 16.6. The molecule has 4 aromatic rings. The smallest absolute Gasteiger partial charge is 0.342 e. The van der Waals surface area contributed by atoms with Gasteiger partial charge in [0, 0.05) is 60.3 Å². The SMILES string of the molecule is CCOC(=O)c1coc2c1c(C(c1ccncc1)N1CCN(CC)CC1)c(O)c1ccccc12. The largest absolute Gasteiger partial charge is 0.507 e. The van der Waals surface area contributed by atoms with Gasteiger partial charge in [-0.2, -0.15) is 0 Å². The second-order valence-corrected chi connectivity index (χ2v) is 8.54. The molecule has 7 nitrogen and oxygen atoms in total. The molecule has 1 unspecified atom stereocenters. The summed E-state index contributed by atoms with van der Waals surface area (Å²) >= 11 is 0. The standard InChI is InChI=1S/C27H29N3O4/c1-3-29-13-15-30(16-14-29)24(18-9-11-28-12-10-18)23-22-21(27(32)33-4-2)17-34-26(22)20-8-6-5-7-19(20)25(23)31/h5-12,17,24,31H,3-4,13-16H2,1-2H3. The maximum Gasteiger partial charge on any atom is 0.342 e. The lowest BCUT2D eigenvalue weighted by Crippen LogP contribution is -2.47. The van der Waals surface area contributed by atoms with Crippen LogP contribution in [0.4, 0.5) is 0 Å². The summed E-state index contributed by atoms with van der Waals surface area (Å²) in [6, 6.07) is 11.3. The summed E-state index contributed by atoms with van der Waals surface area (Å²) in [5, 5.41) is 13.8. The first-order valence-corrected chi connectivity index (χ1v) is 11.8. The van der Waals surface area contributed by atoms with Crippen molar-refractivity contribution in [3.8, 4) is 5.75 Å². The zero-order chi connectivity index (χ0) is 23.7. The number of carbonyl (C=O) groups is 1. The number of fused-ring (bicyclic) bond motifs is 3. The minimum absolute atomic E-state index is 0.162. The van der Waals surface area contributed by atoms with Crippen LogP contribution in [0.15, 0.2) is 59.5 Å². The maximum absolute atomic E-state index is 12.9. The van der Waals surface area contributed by atoms with Gasteiger partial charge in [-0.3, -0.25) is 9.88 Å². The van der Waals surface area contributed by atoms with Crippen LogP contribution in [0.3, 0.4) is 0 Å². The van der Waals surface area contributed by atoms with E-state index in [-0.39, 0.29) is 18.4 Å². The number of likely N-dealkylation sites (N-methyl/N-ethyl adjacent to an activating group) is 1. The lowest BCUT2D eigenvalue weighted by atomic mass is 9.89. The number of hydrogen-bond acceptors (Lipinski definition) is 7. The van der Waals surface area contributed by atoms with Gasteiger partial charge < -0.3 is 19.2 Å². The molecule has 1 aliphatic rings. The van der Waals surface area contributed by atoms with Crippen molar-refractivity contribution in [3.63, 3.8) is 0 Å². The second-order valence-electron chi connectivity index (χ2n) is 8.54. The quantitative estimate of drug-likeness (QED) is 0.423. The monoisotopic (exact) mass is 459 g/mol. The van der Waals surface area contributed by atoms with Gasteiger partial charge in [-0.15, -0.1) is 0 Å². The van der Waals surface area contributed by atoms with Crippen LogP contribution in [0.5, 0.6) is 5.75 Å². The molecule has 0 radical (unpaired) electrons. The van der Waals surface area contributed by atoms with E-state index in [1.54, 1.807) is 19.3 Å². The summed E-state index contributed by atoms with van der Waals surface area (Å²) in [5.74, 6) is -0.295. The molecule has 0 bridgehead atoms. The van der Waals surface area contributed by atoms with Crippen LogP contribution in [0, 0.1) is 0 Å². The first kappa shape index (κ1) is 22.4. The molecule has 34 heavy (non-hydrogen) atoms. The fourth-order valence-electron chi connectivity index (χ4n) is 5.04. The number of esters is 1. The van der Waals surface area contributed by atoms with Gasteiger partial charge in [0.2, 0.25) is 0 Å². The Kier molecular flexibility index (Phi) is 6.22. The van der Waals surface area contributed by atoms with E-state index in [4.69, 9.17) is 9.15 Å². The Labute approximate surface area is 198 Å². The fraction of sp³-hybridized carbons (Fsp3) is 0.333. The Morgan fingerprint density at radius 1 is 1.09 bits per heavy atom. The highest BCUT2D eigenvalue weighted by Gasteiger charge is 2.33. The highest BCUT2D eigenvalue weighted by molar-refractivity contribution is 6.16. The van der Waals surface area contributed by atoms with Gasteiger partial charge in [-0.05, 0) is 31.2 Å². The summed E-state index contributed by atoms with van der Waals surface area (Å²) < 4.78 is 11.3. The minimum atomic E-state index is -0.457. The molecule has 2 aromatic carbocycles. The normalized spacial score (nSPS) is 16.2. The molecule has 0 aliphatic carbocycles. The molecule has 1 fully saturated rings. The molecule has 1 aliphatic heterocycles.